The van der Waals surface area contributed by atoms with E-state index in [-0.39, 0.29) is 11.9 Å². The summed E-state index contributed by atoms with van der Waals surface area (Å²) in [7, 11) is 1.71. The summed E-state index contributed by atoms with van der Waals surface area (Å²) in [5, 5.41) is 3.46. The van der Waals surface area contributed by atoms with Gasteiger partial charge in [0.25, 0.3) is 0 Å². The Labute approximate surface area is 117 Å². The average Bonchev–Trinajstić information content (AvgIpc) is 2.34. The van der Waals surface area contributed by atoms with Crippen molar-refractivity contribution in [2.24, 2.45) is 5.92 Å². The maximum absolute atomic E-state index is 13.1. The zero-order valence-electron chi connectivity index (χ0n) is 11.2. The predicted octanol–water partition coefficient (Wildman–Crippen LogP) is 3.91. The molecule has 0 bridgehead atoms. The van der Waals surface area contributed by atoms with Gasteiger partial charge in [0, 0.05) is 24.2 Å². The molecule has 0 heterocycles. The molecule has 0 aromatic heterocycles. The van der Waals surface area contributed by atoms with E-state index in [1.54, 1.807) is 7.11 Å². The lowest BCUT2D eigenvalue weighted by molar-refractivity contribution is 0.170. The molecule has 0 saturated heterocycles. The van der Waals surface area contributed by atoms with Crippen LogP contribution in [0.3, 0.4) is 0 Å². The Hall–Kier alpha value is -0.450. The van der Waals surface area contributed by atoms with Crippen LogP contribution in [-0.2, 0) is 4.74 Å². The molecule has 2 unspecified atom stereocenters. The van der Waals surface area contributed by atoms with Crippen molar-refractivity contribution < 1.29 is 9.13 Å². The standard InChI is InChI=1S/C14H21BrFNO/c1-4-17-14(10(2)7-8-18-3)12-6-5-11(16)9-13(12)15/h5-6,9-10,14,17H,4,7-8H2,1-3H3. The summed E-state index contributed by atoms with van der Waals surface area (Å²) in [6.07, 6.45) is 0.970. The molecule has 0 saturated carbocycles. The number of ether oxygens (including phenoxy) is 1. The Balaban J connectivity index is 2.88. The highest BCUT2D eigenvalue weighted by Crippen LogP contribution is 2.30. The Bertz CT molecular complexity index is 373. The molecular weight excluding hydrogens is 297 g/mol. The lowest BCUT2D eigenvalue weighted by Gasteiger charge is -2.26. The fraction of sp³-hybridized carbons (Fsp3) is 0.571. The molecule has 1 rings (SSSR count). The first kappa shape index (κ1) is 15.6. The minimum Gasteiger partial charge on any atom is -0.385 e. The monoisotopic (exact) mass is 317 g/mol. The van der Waals surface area contributed by atoms with Gasteiger partial charge in [-0.3, -0.25) is 0 Å². The van der Waals surface area contributed by atoms with Crippen LogP contribution in [-0.4, -0.2) is 20.3 Å². The zero-order valence-corrected chi connectivity index (χ0v) is 12.8. The molecular formula is C14H21BrFNO. The van der Waals surface area contributed by atoms with E-state index in [1.165, 1.54) is 12.1 Å². The predicted molar refractivity (Wildman–Crippen MR) is 76.2 cm³/mol. The molecule has 102 valence electrons. The number of halogens is 2. The van der Waals surface area contributed by atoms with Gasteiger partial charge in [-0.25, -0.2) is 4.39 Å². The summed E-state index contributed by atoms with van der Waals surface area (Å²) in [6.45, 7) is 5.88. The van der Waals surface area contributed by atoms with E-state index in [4.69, 9.17) is 4.74 Å². The van der Waals surface area contributed by atoms with Crippen LogP contribution in [0.2, 0.25) is 0 Å². The molecule has 2 atom stereocenters. The maximum atomic E-state index is 13.1. The van der Waals surface area contributed by atoms with Crippen LogP contribution in [0.25, 0.3) is 0 Å². The van der Waals surface area contributed by atoms with Crippen molar-refractivity contribution >= 4 is 15.9 Å². The number of rotatable bonds is 7. The van der Waals surface area contributed by atoms with Gasteiger partial charge in [-0.15, -0.1) is 0 Å². The molecule has 0 fully saturated rings. The first-order valence-corrected chi connectivity index (χ1v) is 7.06. The molecule has 0 radical (unpaired) electrons. The Morgan fingerprint density at radius 2 is 2.17 bits per heavy atom. The average molecular weight is 318 g/mol. The van der Waals surface area contributed by atoms with Crippen LogP contribution in [0, 0.1) is 11.7 Å². The van der Waals surface area contributed by atoms with Gasteiger partial charge in [-0.1, -0.05) is 35.8 Å². The topological polar surface area (TPSA) is 21.3 Å². The largest absolute Gasteiger partial charge is 0.385 e. The minimum absolute atomic E-state index is 0.208. The lowest BCUT2D eigenvalue weighted by Crippen LogP contribution is -2.28. The van der Waals surface area contributed by atoms with Crippen LogP contribution in [0.1, 0.15) is 31.9 Å². The summed E-state index contributed by atoms with van der Waals surface area (Å²) in [5.74, 6) is 0.206. The van der Waals surface area contributed by atoms with Crippen LogP contribution in [0.15, 0.2) is 22.7 Å². The molecule has 0 aliphatic rings. The van der Waals surface area contributed by atoms with Gasteiger partial charge in [0.05, 0.1) is 0 Å². The van der Waals surface area contributed by atoms with E-state index < -0.39 is 0 Å². The van der Waals surface area contributed by atoms with E-state index in [0.717, 1.165) is 29.6 Å². The lowest BCUT2D eigenvalue weighted by atomic mass is 9.92. The third-order valence-corrected chi connectivity index (χ3v) is 3.75. The molecule has 0 aliphatic carbocycles. The van der Waals surface area contributed by atoms with Crippen molar-refractivity contribution in [2.45, 2.75) is 26.3 Å². The molecule has 4 heteroatoms. The van der Waals surface area contributed by atoms with Gasteiger partial charge >= 0.3 is 0 Å². The SMILES string of the molecule is CCNC(c1ccc(F)cc1Br)C(C)CCOC. The molecule has 0 amide bonds. The second-order valence-corrected chi connectivity index (χ2v) is 5.31. The highest BCUT2D eigenvalue weighted by molar-refractivity contribution is 9.10. The molecule has 1 aromatic carbocycles. The minimum atomic E-state index is -0.217. The first-order chi connectivity index (χ1) is 8.60. The summed E-state index contributed by atoms with van der Waals surface area (Å²) in [6, 6.07) is 5.08. The Morgan fingerprint density at radius 3 is 2.72 bits per heavy atom. The molecule has 0 aliphatic heterocycles. The highest BCUT2D eigenvalue weighted by Gasteiger charge is 2.20. The van der Waals surface area contributed by atoms with Crippen molar-refractivity contribution in [3.05, 3.63) is 34.1 Å². The van der Waals surface area contributed by atoms with Crippen LogP contribution in [0.5, 0.6) is 0 Å². The number of benzene rings is 1. The van der Waals surface area contributed by atoms with Gasteiger partial charge in [0.2, 0.25) is 0 Å². The summed E-state index contributed by atoms with van der Waals surface area (Å²) >= 11 is 3.44. The van der Waals surface area contributed by atoms with E-state index in [2.05, 4.69) is 35.1 Å². The number of hydrogen-bond acceptors (Lipinski definition) is 2. The van der Waals surface area contributed by atoms with Crippen molar-refractivity contribution in [1.82, 2.24) is 5.32 Å². The van der Waals surface area contributed by atoms with Gasteiger partial charge in [0.15, 0.2) is 0 Å². The molecule has 2 nitrogen and oxygen atoms in total. The van der Waals surface area contributed by atoms with Crippen molar-refractivity contribution in [3.8, 4) is 0 Å². The second kappa shape index (κ2) is 7.87. The normalized spacial score (nSPS) is 14.5. The van der Waals surface area contributed by atoms with Crippen LogP contribution in [0.4, 0.5) is 4.39 Å². The summed E-state index contributed by atoms with van der Waals surface area (Å²) in [5.41, 5.74) is 1.10. The second-order valence-electron chi connectivity index (χ2n) is 4.46. The third kappa shape index (κ3) is 4.34. The van der Waals surface area contributed by atoms with Gasteiger partial charge < -0.3 is 10.1 Å². The van der Waals surface area contributed by atoms with E-state index in [0.29, 0.717) is 5.92 Å². The number of methoxy groups -OCH3 is 1. The van der Waals surface area contributed by atoms with E-state index >= 15 is 0 Å². The van der Waals surface area contributed by atoms with E-state index in [9.17, 15) is 4.39 Å². The maximum Gasteiger partial charge on any atom is 0.124 e. The number of nitrogens with one attached hydrogen (secondary N) is 1. The van der Waals surface area contributed by atoms with Gasteiger partial charge in [-0.05, 0) is 36.6 Å². The van der Waals surface area contributed by atoms with Gasteiger partial charge in [-0.2, -0.15) is 0 Å². The van der Waals surface area contributed by atoms with Gasteiger partial charge in [0.1, 0.15) is 5.82 Å². The molecule has 1 N–H and O–H groups in total. The fourth-order valence-corrected chi connectivity index (χ4v) is 2.66. The van der Waals surface area contributed by atoms with Crippen molar-refractivity contribution in [1.29, 1.82) is 0 Å². The summed E-state index contributed by atoms with van der Waals surface area (Å²) in [4.78, 5) is 0. The van der Waals surface area contributed by atoms with Crippen LogP contribution < -0.4 is 5.32 Å². The smallest absolute Gasteiger partial charge is 0.124 e. The van der Waals surface area contributed by atoms with Crippen molar-refractivity contribution in [3.63, 3.8) is 0 Å². The summed E-state index contributed by atoms with van der Waals surface area (Å²) < 4.78 is 19.1. The number of hydrogen-bond donors (Lipinski definition) is 1. The molecule has 0 spiro atoms. The van der Waals surface area contributed by atoms with E-state index in [1.807, 2.05) is 6.07 Å². The molecule has 1 aromatic rings. The van der Waals surface area contributed by atoms with Crippen molar-refractivity contribution in [2.75, 3.05) is 20.3 Å². The quantitative estimate of drug-likeness (QED) is 0.823. The van der Waals surface area contributed by atoms with Crippen LogP contribution >= 0.6 is 15.9 Å². The third-order valence-electron chi connectivity index (χ3n) is 3.07. The highest BCUT2D eigenvalue weighted by atomic mass is 79.9. The molecule has 18 heavy (non-hydrogen) atoms. The fourth-order valence-electron chi connectivity index (χ4n) is 2.06. The Kier molecular flexibility index (Phi) is 6.82. The Morgan fingerprint density at radius 1 is 1.44 bits per heavy atom. The first-order valence-electron chi connectivity index (χ1n) is 6.27. The zero-order chi connectivity index (χ0) is 13.5.